The van der Waals surface area contributed by atoms with E-state index in [1.165, 1.54) is 6.07 Å². The van der Waals surface area contributed by atoms with Gasteiger partial charge in [-0.05, 0) is 36.9 Å². The van der Waals surface area contributed by atoms with Crippen LogP contribution < -0.4 is 10.1 Å². The molecular weight excluding hydrogens is 229 g/mol. The molecule has 0 amide bonds. The Hall–Kier alpha value is -1.09. The number of aryl methyl sites for hydroxylation is 1. The fourth-order valence-electron chi connectivity index (χ4n) is 1.49. The summed E-state index contributed by atoms with van der Waals surface area (Å²) in [5.41, 5.74) is 0.999. The molecular formula is C15H24FNO. The number of rotatable bonds is 6. The molecule has 3 heteroatoms. The molecule has 2 nitrogen and oxygen atoms in total. The van der Waals surface area contributed by atoms with Gasteiger partial charge < -0.3 is 10.1 Å². The highest BCUT2D eigenvalue weighted by Gasteiger charge is 2.08. The summed E-state index contributed by atoms with van der Waals surface area (Å²) in [6.45, 7) is 10.7. The molecule has 0 saturated carbocycles. The van der Waals surface area contributed by atoms with Crippen LogP contribution in [-0.2, 0) is 0 Å². The maximum absolute atomic E-state index is 13.2. The summed E-state index contributed by atoms with van der Waals surface area (Å²) in [5.74, 6) is 0.379. The number of benzene rings is 1. The summed E-state index contributed by atoms with van der Waals surface area (Å²) >= 11 is 0. The van der Waals surface area contributed by atoms with Crippen LogP contribution in [0.25, 0.3) is 0 Å². The molecule has 1 aromatic carbocycles. The van der Waals surface area contributed by atoms with Crippen molar-refractivity contribution in [1.82, 2.24) is 5.32 Å². The standard InChI is InChI=1S/C15H24FNO/c1-12-5-6-13(11-14(12)16)18-10-9-17-8-7-15(2,3)4/h5-6,11,17H,7-10H2,1-4H3. The molecule has 1 aromatic rings. The first kappa shape index (κ1) is 15.0. The van der Waals surface area contributed by atoms with Crippen LogP contribution in [0, 0.1) is 18.2 Å². The smallest absolute Gasteiger partial charge is 0.129 e. The second kappa shape index (κ2) is 6.74. The van der Waals surface area contributed by atoms with Crippen molar-refractivity contribution in [2.75, 3.05) is 19.7 Å². The minimum atomic E-state index is -0.215. The minimum Gasteiger partial charge on any atom is -0.492 e. The Morgan fingerprint density at radius 1 is 1.22 bits per heavy atom. The van der Waals surface area contributed by atoms with Crippen molar-refractivity contribution in [3.8, 4) is 5.75 Å². The molecule has 1 N–H and O–H groups in total. The highest BCUT2D eigenvalue weighted by Crippen LogP contribution is 2.17. The predicted molar refractivity (Wildman–Crippen MR) is 73.6 cm³/mol. The van der Waals surface area contributed by atoms with Crippen LogP contribution in [0.3, 0.4) is 0 Å². The predicted octanol–water partition coefficient (Wildman–Crippen LogP) is 3.54. The molecule has 0 aromatic heterocycles. The first-order chi connectivity index (χ1) is 8.38. The lowest BCUT2D eigenvalue weighted by Crippen LogP contribution is -2.25. The molecule has 0 radical (unpaired) electrons. The van der Waals surface area contributed by atoms with Gasteiger partial charge in [-0.3, -0.25) is 0 Å². The Morgan fingerprint density at radius 3 is 2.56 bits per heavy atom. The second-order valence-corrected chi connectivity index (χ2v) is 5.82. The van der Waals surface area contributed by atoms with Gasteiger partial charge in [-0.2, -0.15) is 0 Å². The Labute approximate surface area is 110 Å². The van der Waals surface area contributed by atoms with E-state index >= 15 is 0 Å². The van der Waals surface area contributed by atoms with Gasteiger partial charge in [0.1, 0.15) is 18.2 Å². The van der Waals surface area contributed by atoms with Gasteiger partial charge in [0.2, 0.25) is 0 Å². The molecule has 0 fully saturated rings. The van der Waals surface area contributed by atoms with Gasteiger partial charge in [0.15, 0.2) is 0 Å². The highest BCUT2D eigenvalue weighted by atomic mass is 19.1. The fraction of sp³-hybridized carbons (Fsp3) is 0.600. The Balaban J connectivity index is 2.16. The number of hydrogen-bond acceptors (Lipinski definition) is 2. The minimum absolute atomic E-state index is 0.215. The van der Waals surface area contributed by atoms with Gasteiger partial charge in [0.25, 0.3) is 0 Å². The number of hydrogen-bond donors (Lipinski definition) is 1. The zero-order valence-electron chi connectivity index (χ0n) is 11.8. The van der Waals surface area contributed by atoms with Crippen molar-refractivity contribution in [2.24, 2.45) is 5.41 Å². The van der Waals surface area contributed by atoms with E-state index in [1.807, 2.05) is 0 Å². The van der Waals surface area contributed by atoms with Gasteiger partial charge >= 0.3 is 0 Å². The van der Waals surface area contributed by atoms with Crippen LogP contribution in [-0.4, -0.2) is 19.7 Å². The molecule has 0 aliphatic rings. The Kier molecular flexibility index (Phi) is 5.60. The topological polar surface area (TPSA) is 21.3 Å². The van der Waals surface area contributed by atoms with Gasteiger partial charge in [-0.15, -0.1) is 0 Å². The summed E-state index contributed by atoms with van der Waals surface area (Å²) in [6, 6.07) is 4.97. The Bertz CT molecular complexity index is 371. The SMILES string of the molecule is Cc1ccc(OCCNCCC(C)(C)C)cc1F. The van der Waals surface area contributed by atoms with E-state index in [0.717, 1.165) is 19.5 Å². The van der Waals surface area contributed by atoms with Crippen molar-refractivity contribution in [3.05, 3.63) is 29.6 Å². The first-order valence-electron chi connectivity index (χ1n) is 6.48. The average Bonchev–Trinajstić information content (AvgIpc) is 2.26. The van der Waals surface area contributed by atoms with Crippen LogP contribution in [0.2, 0.25) is 0 Å². The van der Waals surface area contributed by atoms with Gasteiger partial charge in [-0.1, -0.05) is 26.8 Å². The van der Waals surface area contributed by atoms with E-state index in [1.54, 1.807) is 19.1 Å². The monoisotopic (exact) mass is 253 g/mol. The van der Waals surface area contributed by atoms with Crippen molar-refractivity contribution in [3.63, 3.8) is 0 Å². The number of ether oxygens (including phenoxy) is 1. The highest BCUT2D eigenvalue weighted by molar-refractivity contribution is 5.27. The summed E-state index contributed by atoms with van der Waals surface area (Å²) in [5, 5.41) is 3.32. The van der Waals surface area contributed by atoms with Crippen LogP contribution in [0.1, 0.15) is 32.8 Å². The summed E-state index contributed by atoms with van der Waals surface area (Å²) in [6.07, 6.45) is 1.13. The zero-order valence-corrected chi connectivity index (χ0v) is 11.8. The Morgan fingerprint density at radius 2 is 1.94 bits per heavy atom. The lowest BCUT2D eigenvalue weighted by molar-refractivity contribution is 0.303. The van der Waals surface area contributed by atoms with Crippen molar-refractivity contribution in [2.45, 2.75) is 34.1 Å². The van der Waals surface area contributed by atoms with Crippen LogP contribution in [0.4, 0.5) is 4.39 Å². The van der Waals surface area contributed by atoms with Gasteiger partial charge in [0, 0.05) is 12.6 Å². The number of nitrogens with one attached hydrogen (secondary N) is 1. The maximum atomic E-state index is 13.2. The van der Waals surface area contributed by atoms with Gasteiger partial charge in [-0.25, -0.2) is 4.39 Å². The van der Waals surface area contributed by atoms with Crippen LogP contribution in [0.15, 0.2) is 18.2 Å². The molecule has 0 spiro atoms. The van der Waals surface area contributed by atoms with Crippen molar-refractivity contribution in [1.29, 1.82) is 0 Å². The van der Waals surface area contributed by atoms with E-state index in [2.05, 4.69) is 26.1 Å². The molecule has 1 rings (SSSR count). The molecule has 0 heterocycles. The summed E-state index contributed by atoms with van der Waals surface area (Å²) in [7, 11) is 0. The van der Waals surface area contributed by atoms with Crippen LogP contribution in [0.5, 0.6) is 5.75 Å². The average molecular weight is 253 g/mol. The largest absolute Gasteiger partial charge is 0.492 e. The van der Waals surface area contributed by atoms with Crippen LogP contribution >= 0.6 is 0 Å². The molecule has 0 bridgehead atoms. The molecule has 102 valence electrons. The molecule has 0 aliphatic carbocycles. The second-order valence-electron chi connectivity index (χ2n) is 5.82. The number of halogens is 1. The summed E-state index contributed by atoms with van der Waals surface area (Å²) < 4.78 is 18.7. The third-order valence-corrected chi connectivity index (χ3v) is 2.74. The third kappa shape index (κ3) is 6.01. The summed E-state index contributed by atoms with van der Waals surface area (Å²) in [4.78, 5) is 0. The van der Waals surface area contributed by atoms with E-state index in [9.17, 15) is 4.39 Å². The quantitative estimate of drug-likeness (QED) is 0.783. The van der Waals surface area contributed by atoms with E-state index < -0.39 is 0 Å². The normalized spacial score (nSPS) is 11.6. The zero-order chi connectivity index (χ0) is 13.6. The fourth-order valence-corrected chi connectivity index (χ4v) is 1.49. The van der Waals surface area contributed by atoms with E-state index in [-0.39, 0.29) is 5.82 Å². The van der Waals surface area contributed by atoms with E-state index in [0.29, 0.717) is 23.3 Å². The third-order valence-electron chi connectivity index (χ3n) is 2.74. The van der Waals surface area contributed by atoms with Crippen molar-refractivity contribution >= 4 is 0 Å². The lowest BCUT2D eigenvalue weighted by Gasteiger charge is -2.18. The molecule has 0 aliphatic heterocycles. The molecule has 0 unspecified atom stereocenters. The van der Waals surface area contributed by atoms with Crippen molar-refractivity contribution < 1.29 is 9.13 Å². The molecule has 0 atom stereocenters. The molecule has 18 heavy (non-hydrogen) atoms. The first-order valence-corrected chi connectivity index (χ1v) is 6.48. The molecule has 0 saturated heterocycles. The lowest BCUT2D eigenvalue weighted by atomic mass is 9.92. The van der Waals surface area contributed by atoms with Gasteiger partial charge in [0.05, 0.1) is 0 Å². The maximum Gasteiger partial charge on any atom is 0.129 e. The van der Waals surface area contributed by atoms with E-state index in [4.69, 9.17) is 4.74 Å².